The molecule has 0 aromatic carbocycles. The van der Waals surface area contributed by atoms with Gasteiger partial charge in [-0.2, -0.15) is 0 Å². The number of hydrogen-bond donors (Lipinski definition) is 1. The van der Waals surface area contributed by atoms with Crippen LogP contribution in [0, 0.1) is 6.92 Å². The zero-order valence-corrected chi connectivity index (χ0v) is 14.3. The number of ketones is 1. The second kappa shape index (κ2) is 5.63. The van der Waals surface area contributed by atoms with Gasteiger partial charge in [-0.3, -0.25) is 4.79 Å². The van der Waals surface area contributed by atoms with Gasteiger partial charge in [0.2, 0.25) is 0 Å². The molecule has 3 heteroatoms. The standard InChI is InChI=1S/C17H30N2O/c1-9-16(5,6)18-15-14(13(4)20)11-12(3)19(15)17(7,8)10-2/h11,18H,9-10H2,1-8H3. The molecule has 0 radical (unpaired) electrons. The van der Waals surface area contributed by atoms with E-state index in [0.717, 1.165) is 29.9 Å². The Labute approximate surface area is 123 Å². The summed E-state index contributed by atoms with van der Waals surface area (Å²) in [5.74, 6) is 1.09. The Morgan fingerprint density at radius 2 is 1.75 bits per heavy atom. The monoisotopic (exact) mass is 278 g/mol. The summed E-state index contributed by atoms with van der Waals surface area (Å²) in [5.41, 5.74) is 1.89. The number of nitrogens with zero attached hydrogens (tertiary/aromatic N) is 1. The molecule has 1 N–H and O–H groups in total. The second-order valence-corrected chi connectivity index (χ2v) is 6.97. The number of aryl methyl sites for hydroxylation is 1. The third-order valence-corrected chi connectivity index (χ3v) is 4.38. The summed E-state index contributed by atoms with van der Waals surface area (Å²) < 4.78 is 2.28. The summed E-state index contributed by atoms with van der Waals surface area (Å²) >= 11 is 0. The molecule has 0 fully saturated rings. The smallest absolute Gasteiger partial charge is 0.163 e. The zero-order valence-electron chi connectivity index (χ0n) is 14.3. The van der Waals surface area contributed by atoms with E-state index >= 15 is 0 Å². The SMILES string of the molecule is CCC(C)(C)Nc1c(C(C)=O)cc(C)n1C(C)(C)CC. The summed E-state index contributed by atoms with van der Waals surface area (Å²) in [6.45, 7) is 16.8. The van der Waals surface area contributed by atoms with Gasteiger partial charge in [0, 0.05) is 16.8 Å². The van der Waals surface area contributed by atoms with Gasteiger partial charge >= 0.3 is 0 Å². The van der Waals surface area contributed by atoms with Gasteiger partial charge < -0.3 is 9.88 Å². The van der Waals surface area contributed by atoms with E-state index in [4.69, 9.17) is 0 Å². The molecule has 0 saturated heterocycles. The number of Topliss-reactive ketones (excluding diaryl/α,β-unsaturated/α-hetero) is 1. The van der Waals surface area contributed by atoms with Crippen LogP contribution in [-0.4, -0.2) is 15.9 Å². The maximum atomic E-state index is 12.0. The normalized spacial score (nSPS) is 12.6. The van der Waals surface area contributed by atoms with Gasteiger partial charge in [0.1, 0.15) is 5.82 Å². The fourth-order valence-electron chi connectivity index (χ4n) is 2.38. The Hall–Kier alpha value is -1.25. The van der Waals surface area contributed by atoms with Crippen molar-refractivity contribution < 1.29 is 4.79 Å². The van der Waals surface area contributed by atoms with E-state index in [1.165, 1.54) is 0 Å². The highest BCUT2D eigenvalue weighted by molar-refractivity contribution is 5.99. The van der Waals surface area contributed by atoms with Crippen LogP contribution in [0.4, 0.5) is 5.82 Å². The minimum Gasteiger partial charge on any atom is -0.366 e. The highest BCUT2D eigenvalue weighted by atomic mass is 16.1. The first-order valence-corrected chi connectivity index (χ1v) is 7.57. The van der Waals surface area contributed by atoms with Crippen LogP contribution in [0.2, 0.25) is 0 Å². The molecular weight excluding hydrogens is 248 g/mol. The largest absolute Gasteiger partial charge is 0.366 e. The molecule has 1 aromatic heterocycles. The maximum absolute atomic E-state index is 12.0. The Bertz CT molecular complexity index is 495. The van der Waals surface area contributed by atoms with Crippen molar-refractivity contribution in [3.05, 3.63) is 17.3 Å². The van der Waals surface area contributed by atoms with Crippen molar-refractivity contribution in [1.29, 1.82) is 0 Å². The Kier molecular flexibility index (Phi) is 4.73. The van der Waals surface area contributed by atoms with E-state index < -0.39 is 0 Å². The van der Waals surface area contributed by atoms with E-state index in [1.54, 1.807) is 6.92 Å². The molecule has 0 atom stereocenters. The molecule has 0 saturated carbocycles. The lowest BCUT2D eigenvalue weighted by Gasteiger charge is -2.34. The van der Waals surface area contributed by atoms with E-state index in [0.29, 0.717) is 0 Å². The van der Waals surface area contributed by atoms with Crippen LogP contribution in [0.5, 0.6) is 0 Å². The fourth-order valence-corrected chi connectivity index (χ4v) is 2.38. The van der Waals surface area contributed by atoms with Crippen molar-refractivity contribution in [1.82, 2.24) is 4.57 Å². The van der Waals surface area contributed by atoms with Gasteiger partial charge in [0.25, 0.3) is 0 Å². The molecule has 1 heterocycles. The minimum absolute atomic E-state index is 0.00998. The van der Waals surface area contributed by atoms with Crippen molar-refractivity contribution >= 4 is 11.6 Å². The topological polar surface area (TPSA) is 34.0 Å². The summed E-state index contributed by atoms with van der Waals surface area (Å²) in [4.78, 5) is 12.0. The Balaban J connectivity index is 3.48. The second-order valence-electron chi connectivity index (χ2n) is 6.97. The third-order valence-electron chi connectivity index (χ3n) is 4.38. The van der Waals surface area contributed by atoms with Gasteiger partial charge in [-0.1, -0.05) is 13.8 Å². The van der Waals surface area contributed by atoms with Crippen LogP contribution in [-0.2, 0) is 5.54 Å². The number of anilines is 1. The van der Waals surface area contributed by atoms with Gasteiger partial charge in [-0.15, -0.1) is 0 Å². The first kappa shape index (κ1) is 16.8. The van der Waals surface area contributed by atoms with Crippen LogP contribution in [0.25, 0.3) is 0 Å². The molecule has 1 rings (SSSR count). The summed E-state index contributed by atoms with van der Waals surface area (Å²) in [7, 11) is 0. The molecule has 0 bridgehead atoms. The zero-order chi connectivity index (χ0) is 15.7. The number of carbonyl (C=O) groups excluding carboxylic acids is 1. The average molecular weight is 278 g/mol. The molecule has 0 spiro atoms. The summed E-state index contributed by atoms with van der Waals surface area (Å²) in [6.07, 6.45) is 2.02. The molecule has 20 heavy (non-hydrogen) atoms. The van der Waals surface area contributed by atoms with Crippen molar-refractivity contribution in [3.8, 4) is 0 Å². The van der Waals surface area contributed by atoms with E-state index in [2.05, 4.69) is 58.4 Å². The van der Waals surface area contributed by atoms with Crippen molar-refractivity contribution in [2.45, 2.75) is 79.3 Å². The van der Waals surface area contributed by atoms with Crippen LogP contribution < -0.4 is 5.32 Å². The fraction of sp³-hybridized carbons (Fsp3) is 0.706. The minimum atomic E-state index is -0.0312. The molecule has 114 valence electrons. The average Bonchev–Trinajstić information content (AvgIpc) is 2.66. The van der Waals surface area contributed by atoms with Crippen molar-refractivity contribution in [2.24, 2.45) is 0 Å². The van der Waals surface area contributed by atoms with Crippen molar-refractivity contribution in [3.63, 3.8) is 0 Å². The highest BCUT2D eigenvalue weighted by Crippen LogP contribution is 2.33. The lowest BCUT2D eigenvalue weighted by atomic mass is 9.99. The lowest BCUT2D eigenvalue weighted by molar-refractivity contribution is 0.101. The summed E-state index contributed by atoms with van der Waals surface area (Å²) in [6, 6.07) is 2.01. The number of aromatic nitrogens is 1. The molecule has 0 amide bonds. The number of rotatable bonds is 6. The number of carbonyl (C=O) groups is 1. The van der Waals surface area contributed by atoms with Crippen LogP contribution in [0.15, 0.2) is 6.07 Å². The number of nitrogens with one attached hydrogen (secondary N) is 1. The Morgan fingerprint density at radius 1 is 1.20 bits per heavy atom. The highest BCUT2D eigenvalue weighted by Gasteiger charge is 2.28. The number of hydrogen-bond acceptors (Lipinski definition) is 2. The van der Waals surface area contributed by atoms with Gasteiger partial charge in [-0.25, -0.2) is 0 Å². The lowest BCUT2D eigenvalue weighted by Crippen LogP contribution is -2.35. The van der Waals surface area contributed by atoms with Crippen molar-refractivity contribution in [2.75, 3.05) is 5.32 Å². The van der Waals surface area contributed by atoms with E-state index in [-0.39, 0.29) is 16.9 Å². The molecule has 3 nitrogen and oxygen atoms in total. The van der Waals surface area contributed by atoms with Crippen LogP contribution in [0.3, 0.4) is 0 Å². The predicted molar refractivity (Wildman–Crippen MR) is 86.8 cm³/mol. The van der Waals surface area contributed by atoms with E-state index in [1.807, 2.05) is 6.07 Å². The first-order chi connectivity index (χ1) is 9.05. The third kappa shape index (κ3) is 3.25. The van der Waals surface area contributed by atoms with Gasteiger partial charge in [-0.05, 0) is 60.5 Å². The molecule has 0 aliphatic carbocycles. The Morgan fingerprint density at radius 3 is 2.15 bits per heavy atom. The molecule has 1 aromatic rings. The molecule has 0 aliphatic rings. The predicted octanol–water partition coefficient (Wildman–Crippen LogP) is 4.74. The van der Waals surface area contributed by atoms with Crippen LogP contribution in [0.1, 0.15) is 77.4 Å². The maximum Gasteiger partial charge on any atom is 0.163 e. The van der Waals surface area contributed by atoms with Crippen LogP contribution >= 0.6 is 0 Å². The quantitative estimate of drug-likeness (QED) is 0.762. The first-order valence-electron chi connectivity index (χ1n) is 7.57. The molecule has 0 unspecified atom stereocenters. The molecular formula is C17H30N2O. The summed E-state index contributed by atoms with van der Waals surface area (Å²) in [5, 5.41) is 3.59. The van der Waals surface area contributed by atoms with Gasteiger partial charge in [0.05, 0.1) is 5.56 Å². The van der Waals surface area contributed by atoms with Gasteiger partial charge in [0.15, 0.2) is 5.78 Å². The molecule has 0 aliphatic heterocycles. The van der Waals surface area contributed by atoms with E-state index in [9.17, 15) is 4.79 Å².